The van der Waals surface area contributed by atoms with Crippen LogP contribution in [0, 0.1) is 23.1 Å². The fourth-order valence-electron chi connectivity index (χ4n) is 3.23. The molecule has 0 radical (unpaired) electrons. The van der Waals surface area contributed by atoms with Crippen LogP contribution in [-0.2, 0) is 4.74 Å². The molecule has 2 unspecified atom stereocenters. The van der Waals surface area contributed by atoms with Gasteiger partial charge in [0.2, 0.25) is 0 Å². The van der Waals surface area contributed by atoms with Crippen molar-refractivity contribution in [1.82, 2.24) is 14.7 Å². The van der Waals surface area contributed by atoms with Crippen molar-refractivity contribution in [2.24, 2.45) is 11.7 Å². The number of aromatic nitrogens is 2. The van der Waals surface area contributed by atoms with Crippen molar-refractivity contribution in [3.63, 3.8) is 0 Å². The van der Waals surface area contributed by atoms with Gasteiger partial charge in [0.1, 0.15) is 11.4 Å². The number of anilines is 2. The minimum atomic E-state index is -0.701. The zero-order valence-corrected chi connectivity index (χ0v) is 15.8. The van der Waals surface area contributed by atoms with E-state index in [9.17, 15) is 19.2 Å². The molecule has 0 saturated carbocycles. The summed E-state index contributed by atoms with van der Waals surface area (Å²) in [5.41, 5.74) is 6.12. The summed E-state index contributed by atoms with van der Waals surface area (Å²) in [6.07, 6.45) is 1.45. The van der Waals surface area contributed by atoms with Crippen LogP contribution in [-0.4, -0.2) is 46.4 Å². The number of nitrogens with zero attached hydrogens (tertiary/aromatic N) is 4. The molecule has 2 amide bonds. The number of piperidine rings is 1. The molecule has 1 saturated heterocycles. The SMILES string of the molecule is CCOC(=O)N1CCC(C#N)C(n2cc(C(N)=O)c(Nc3ccc(F)cc3)n2)C1. The number of carbonyl (C=O) groups is 2. The predicted octanol–water partition coefficient (Wildman–Crippen LogP) is 2.41. The van der Waals surface area contributed by atoms with Crippen LogP contribution in [0.15, 0.2) is 30.5 Å². The Morgan fingerprint density at radius 2 is 2.14 bits per heavy atom. The summed E-state index contributed by atoms with van der Waals surface area (Å²) in [7, 11) is 0. The Morgan fingerprint density at radius 3 is 2.76 bits per heavy atom. The van der Waals surface area contributed by atoms with Gasteiger partial charge >= 0.3 is 6.09 Å². The Labute approximate surface area is 166 Å². The highest BCUT2D eigenvalue weighted by Crippen LogP contribution is 2.30. The molecule has 2 heterocycles. The first-order chi connectivity index (χ1) is 13.9. The van der Waals surface area contributed by atoms with Gasteiger partial charge in [-0.1, -0.05) is 0 Å². The maximum Gasteiger partial charge on any atom is 0.409 e. The summed E-state index contributed by atoms with van der Waals surface area (Å²) in [6, 6.07) is 7.31. The molecule has 9 nitrogen and oxygen atoms in total. The third-order valence-corrected chi connectivity index (χ3v) is 4.72. The highest BCUT2D eigenvalue weighted by atomic mass is 19.1. The Hall–Kier alpha value is -3.61. The average molecular weight is 400 g/mol. The summed E-state index contributed by atoms with van der Waals surface area (Å²) in [5.74, 6) is -1.31. The highest BCUT2D eigenvalue weighted by Gasteiger charge is 2.34. The summed E-state index contributed by atoms with van der Waals surface area (Å²) in [4.78, 5) is 25.5. The van der Waals surface area contributed by atoms with Gasteiger partial charge in [-0.2, -0.15) is 10.4 Å². The monoisotopic (exact) mass is 400 g/mol. The second kappa shape index (κ2) is 8.60. The number of benzene rings is 1. The van der Waals surface area contributed by atoms with E-state index in [1.54, 1.807) is 6.92 Å². The normalized spacial score (nSPS) is 18.7. The Bertz CT molecular complexity index is 936. The van der Waals surface area contributed by atoms with Crippen LogP contribution < -0.4 is 11.1 Å². The van der Waals surface area contributed by atoms with E-state index in [0.29, 0.717) is 18.7 Å². The molecule has 1 aromatic heterocycles. The molecule has 0 spiro atoms. The summed E-state index contributed by atoms with van der Waals surface area (Å²) >= 11 is 0. The summed E-state index contributed by atoms with van der Waals surface area (Å²) in [6.45, 7) is 2.59. The van der Waals surface area contributed by atoms with Crippen LogP contribution in [0.3, 0.4) is 0 Å². The standard InChI is InChI=1S/C19H21FN6O3/c1-2-29-19(28)25-8-7-12(9-21)16(11-25)26-10-15(17(22)27)18(24-26)23-14-5-3-13(20)4-6-14/h3-6,10,12,16H,2,7-8,11H2,1H3,(H2,22,27)(H,23,24). The lowest BCUT2D eigenvalue weighted by atomic mass is 9.93. The fourth-order valence-corrected chi connectivity index (χ4v) is 3.23. The van der Waals surface area contributed by atoms with Gasteiger partial charge < -0.3 is 20.7 Å². The maximum atomic E-state index is 13.1. The third kappa shape index (κ3) is 4.45. The van der Waals surface area contributed by atoms with Crippen molar-refractivity contribution in [3.8, 4) is 6.07 Å². The van der Waals surface area contributed by atoms with Gasteiger partial charge in [0.15, 0.2) is 5.82 Å². The van der Waals surface area contributed by atoms with E-state index in [1.165, 1.54) is 40.0 Å². The van der Waals surface area contributed by atoms with Gasteiger partial charge in [-0.25, -0.2) is 9.18 Å². The van der Waals surface area contributed by atoms with Crippen molar-refractivity contribution < 1.29 is 18.7 Å². The fraction of sp³-hybridized carbons (Fsp3) is 0.368. The first-order valence-electron chi connectivity index (χ1n) is 9.15. The molecule has 1 aromatic carbocycles. The minimum Gasteiger partial charge on any atom is -0.450 e. The van der Waals surface area contributed by atoms with Crippen LogP contribution in [0.4, 0.5) is 20.7 Å². The van der Waals surface area contributed by atoms with Crippen molar-refractivity contribution in [1.29, 1.82) is 5.26 Å². The topological polar surface area (TPSA) is 126 Å². The van der Waals surface area contributed by atoms with E-state index < -0.39 is 29.8 Å². The van der Waals surface area contributed by atoms with Crippen LogP contribution in [0.25, 0.3) is 0 Å². The molecule has 152 valence electrons. The number of nitrogens with two attached hydrogens (primary N) is 1. The molecule has 3 rings (SSSR count). The number of hydrogen-bond donors (Lipinski definition) is 2. The largest absolute Gasteiger partial charge is 0.450 e. The lowest BCUT2D eigenvalue weighted by Gasteiger charge is -2.35. The van der Waals surface area contributed by atoms with E-state index >= 15 is 0 Å². The van der Waals surface area contributed by atoms with Crippen LogP contribution in [0.5, 0.6) is 0 Å². The van der Waals surface area contributed by atoms with Crippen molar-refractivity contribution in [2.45, 2.75) is 19.4 Å². The summed E-state index contributed by atoms with van der Waals surface area (Å²) < 4.78 is 19.6. The Balaban J connectivity index is 1.89. The first-order valence-corrected chi connectivity index (χ1v) is 9.15. The van der Waals surface area contributed by atoms with E-state index in [1.807, 2.05) is 0 Å². The highest BCUT2D eigenvalue weighted by molar-refractivity contribution is 5.98. The molecule has 29 heavy (non-hydrogen) atoms. The molecular formula is C19H21FN6O3. The van der Waals surface area contributed by atoms with E-state index in [0.717, 1.165) is 0 Å². The lowest BCUT2D eigenvalue weighted by molar-refractivity contribution is 0.0797. The second-order valence-corrected chi connectivity index (χ2v) is 6.60. The third-order valence-electron chi connectivity index (χ3n) is 4.72. The quantitative estimate of drug-likeness (QED) is 0.794. The second-order valence-electron chi connectivity index (χ2n) is 6.60. The first kappa shape index (κ1) is 20.1. The number of nitrogens with one attached hydrogen (secondary N) is 1. The zero-order valence-electron chi connectivity index (χ0n) is 15.8. The number of hydrogen-bond acceptors (Lipinski definition) is 6. The van der Waals surface area contributed by atoms with Gasteiger partial charge in [0, 0.05) is 25.0 Å². The number of carbonyl (C=O) groups excluding carboxylic acids is 2. The Kier molecular flexibility index (Phi) is 5.97. The predicted molar refractivity (Wildman–Crippen MR) is 102 cm³/mol. The van der Waals surface area contributed by atoms with Gasteiger partial charge in [-0.3, -0.25) is 9.48 Å². The van der Waals surface area contributed by atoms with E-state index in [4.69, 9.17) is 10.5 Å². The molecule has 3 N–H and O–H groups in total. The van der Waals surface area contributed by atoms with Crippen molar-refractivity contribution in [3.05, 3.63) is 41.8 Å². The zero-order chi connectivity index (χ0) is 21.0. The Morgan fingerprint density at radius 1 is 1.41 bits per heavy atom. The number of rotatable bonds is 5. The van der Waals surface area contributed by atoms with Gasteiger partial charge in [0.05, 0.1) is 24.6 Å². The maximum absolute atomic E-state index is 13.1. The number of likely N-dealkylation sites (tertiary alicyclic amines) is 1. The van der Waals surface area contributed by atoms with Gasteiger partial charge in [-0.15, -0.1) is 0 Å². The molecule has 0 aliphatic carbocycles. The number of amides is 2. The molecule has 10 heteroatoms. The number of primary amides is 1. The lowest BCUT2D eigenvalue weighted by Crippen LogP contribution is -2.44. The van der Waals surface area contributed by atoms with Crippen molar-refractivity contribution in [2.75, 3.05) is 25.0 Å². The average Bonchev–Trinajstić information content (AvgIpc) is 3.13. The van der Waals surface area contributed by atoms with Gasteiger partial charge in [0.25, 0.3) is 5.91 Å². The minimum absolute atomic E-state index is 0.124. The van der Waals surface area contributed by atoms with E-state index in [2.05, 4.69) is 16.5 Å². The molecule has 2 aromatic rings. The van der Waals surface area contributed by atoms with E-state index in [-0.39, 0.29) is 24.5 Å². The smallest absolute Gasteiger partial charge is 0.409 e. The van der Waals surface area contributed by atoms with Crippen molar-refractivity contribution >= 4 is 23.5 Å². The molecule has 2 atom stereocenters. The number of ether oxygens (including phenoxy) is 1. The number of nitriles is 1. The number of halogens is 1. The molecular weight excluding hydrogens is 379 g/mol. The molecule has 1 fully saturated rings. The summed E-state index contributed by atoms with van der Waals surface area (Å²) in [5, 5.41) is 16.9. The van der Waals surface area contributed by atoms with Gasteiger partial charge in [-0.05, 0) is 37.6 Å². The van der Waals surface area contributed by atoms with Crippen LogP contribution in [0.1, 0.15) is 29.7 Å². The molecule has 1 aliphatic heterocycles. The molecule has 0 bridgehead atoms. The molecule has 1 aliphatic rings. The van der Waals surface area contributed by atoms with Crippen LogP contribution >= 0.6 is 0 Å². The van der Waals surface area contributed by atoms with Crippen LogP contribution in [0.2, 0.25) is 0 Å².